The van der Waals surface area contributed by atoms with Crippen LogP contribution in [0.4, 0.5) is 5.82 Å². The Morgan fingerprint density at radius 1 is 1.16 bits per heavy atom. The van der Waals surface area contributed by atoms with E-state index in [1.807, 2.05) is 12.1 Å². The summed E-state index contributed by atoms with van der Waals surface area (Å²) in [5, 5.41) is 2.92. The van der Waals surface area contributed by atoms with Crippen LogP contribution in [0, 0.1) is 0 Å². The summed E-state index contributed by atoms with van der Waals surface area (Å²) >= 11 is 0. The average Bonchev–Trinajstić information content (AvgIpc) is 2.64. The van der Waals surface area contributed by atoms with Crippen LogP contribution in [0.3, 0.4) is 0 Å². The van der Waals surface area contributed by atoms with Gasteiger partial charge in [0.2, 0.25) is 11.8 Å². The molecule has 1 fully saturated rings. The molecule has 6 heteroatoms. The number of pyridine rings is 1. The number of nitrogens with one attached hydrogen (secondary N) is 1. The predicted octanol–water partition coefficient (Wildman–Crippen LogP) is 2.34. The van der Waals surface area contributed by atoms with Crippen LogP contribution in [0.2, 0.25) is 0 Å². The van der Waals surface area contributed by atoms with E-state index in [-0.39, 0.29) is 24.7 Å². The molecule has 1 aliphatic rings. The Morgan fingerprint density at radius 2 is 1.88 bits per heavy atom. The first kappa shape index (κ1) is 19.2. The van der Waals surface area contributed by atoms with Crippen molar-refractivity contribution in [2.45, 2.75) is 57.5 Å². The van der Waals surface area contributed by atoms with Gasteiger partial charge < -0.3 is 15.1 Å². The van der Waals surface area contributed by atoms with Crippen LogP contribution in [-0.2, 0) is 16.1 Å². The fourth-order valence-electron chi connectivity index (χ4n) is 3.25. The van der Waals surface area contributed by atoms with Crippen LogP contribution < -0.4 is 10.2 Å². The molecule has 0 atom stereocenters. The van der Waals surface area contributed by atoms with Crippen molar-refractivity contribution in [3.63, 3.8) is 0 Å². The summed E-state index contributed by atoms with van der Waals surface area (Å²) in [4.78, 5) is 31.9. The minimum absolute atomic E-state index is 0.0331. The Morgan fingerprint density at radius 3 is 2.56 bits per heavy atom. The molecule has 0 aromatic carbocycles. The fourth-order valence-corrected chi connectivity index (χ4v) is 3.25. The van der Waals surface area contributed by atoms with E-state index in [1.54, 1.807) is 20.3 Å². The molecule has 0 spiro atoms. The predicted molar refractivity (Wildman–Crippen MR) is 99.3 cm³/mol. The topological polar surface area (TPSA) is 65.5 Å². The Bertz CT molecular complexity index is 583. The number of anilines is 1. The maximum atomic E-state index is 12.0. The second kappa shape index (κ2) is 9.39. The number of aromatic nitrogens is 1. The van der Waals surface area contributed by atoms with Gasteiger partial charge in [-0.3, -0.25) is 9.59 Å². The SMILES string of the molecule is CN(C)C(=O)CCC(=O)NCc1cccnc1N(C)C1CCCCC1. The minimum Gasteiger partial charge on any atom is -0.356 e. The lowest BCUT2D eigenvalue weighted by atomic mass is 9.94. The summed E-state index contributed by atoms with van der Waals surface area (Å²) in [6.45, 7) is 0.440. The zero-order valence-corrected chi connectivity index (χ0v) is 15.6. The van der Waals surface area contributed by atoms with Crippen molar-refractivity contribution < 1.29 is 9.59 Å². The molecule has 1 saturated carbocycles. The monoisotopic (exact) mass is 346 g/mol. The van der Waals surface area contributed by atoms with E-state index in [0.717, 1.165) is 11.4 Å². The highest BCUT2D eigenvalue weighted by molar-refractivity contribution is 5.83. The van der Waals surface area contributed by atoms with E-state index in [9.17, 15) is 9.59 Å². The molecule has 138 valence electrons. The van der Waals surface area contributed by atoms with Crippen LogP contribution >= 0.6 is 0 Å². The van der Waals surface area contributed by atoms with Crippen LogP contribution in [0.5, 0.6) is 0 Å². The first-order valence-corrected chi connectivity index (χ1v) is 9.12. The van der Waals surface area contributed by atoms with Gasteiger partial charge >= 0.3 is 0 Å². The smallest absolute Gasteiger partial charge is 0.222 e. The molecule has 0 bridgehead atoms. The number of nitrogens with zero attached hydrogens (tertiary/aromatic N) is 3. The summed E-state index contributed by atoms with van der Waals surface area (Å²) in [7, 11) is 5.49. The molecule has 1 N–H and O–H groups in total. The van der Waals surface area contributed by atoms with Gasteiger partial charge in [-0.2, -0.15) is 0 Å². The van der Waals surface area contributed by atoms with E-state index in [4.69, 9.17) is 0 Å². The van der Waals surface area contributed by atoms with E-state index in [1.165, 1.54) is 37.0 Å². The van der Waals surface area contributed by atoms with Crippen molar-refractivity contribution in [2.24, 2.45) is 0 Å². The normalized spacial score (nSPS) is 14.8. The van der Waals surface area contributed by atoms with Crippen molar-refractivity contribution in [1.82, 2.24) is 15.2 Å². The van der Waals surface area contributed by atoms with Crippen LogP contribution in [0.15, 0.2) is 18.3 Å². The van der Waals surface area contributed by atoms with E-state index in [2.05, 4.69) is 22.2 Å². The molecule has 25 heavy (non-hydrogen) atoms. The van der Waals surface area contributed by atoms with E-state index < -0.39 is 0 Å². The maximum absolute atomic E-state index is 12.0. The minimum atomic E-state index is -0.106. The molecule has 1 aromatic rings. The van der Waals surface area contributed by atoms with Gasteiger partial charge in [-0.1, -0.05) is 25.3 Å². The Balaban J connectivity index is 1.91. The Labute approximate surface area is 150 Å². The zero-order chi connectivity index (χ0) is 18.2. The highest BCUT2D eigenvalue weighted by Gasteiger charge is 2.21. The van der Waals surface area contributed by atoms with Gasteiger partial charge in [-0.25, -0.2) is 4.98 Å². The standard InChI is InChI=1S/C19H30N4O2/c1-22(2)18(25)12-11-17(24)21-14-15-8-7-13-20-19(15)23(3)16-9-5-4-6-10-16/h7-8,13,16H,4-6,9-12,14H2,1-3H3,(H,21,24). The zero-order valence-electron chi connectivity index (χ0n) is 15.6. The summed E-state index contributed by atoms with van der Waals surface area (Å²) in [6.07, 6.45) is 8.52. The first-order valence-electron chi connectivity index (χ1n) is 9.12. The Kier molecular flexibility index (Phi) is 7.22. The maximum Gasteiger partial charge on any atom is 0.222 e. The lowest BCUT2D eigenvalue weighted by Gasteiger charge is -2.33. The molecular weight excluding hydrogens is 316 g/mol. The first-order chi connectivity index (χ1) is 12.0. The molecule has 0 radical (unpaired) electrons. The summed E-state index contributed by atoms with van der Waals surface area (Å²) in [5.41, 5.74) is 1.02. The van der Waals surface area contributed by atoms with Crippen LogP contribution in [0.25, 0.3) is 0 Å². The van der Waals surface area contributed by atoms with Gasteiger partial charge in [0.15, 0.2) is 0 Å². The number of carbonyl (C=O) groups is 2. The number of hydrogen-bond acceptors (Lipinski definition) is 4. The molecule has 1 aliphatic carbocycles. The van der Waals surface area contributed by atoms with Gasteiger partial charge in [-0.05, 0) is 18.9 Å². The Hall–Kier alpha value is -2.11. The largest absolute Gasteiger partial charge is 0.356 e. The second-order valence-electron chi connectivity index (χ2n) is 6.95. The van der Waals surface area contributed by atoms with Crippen molar-refractivity contribution in [1.29, 1.82) is 0 Å². The lowest BCUT2D eigenvalue weighted by Crippen LogP contribution is -2.35. The van der Waals surface area contributed by atoms with Gasteiger partial charge in [0.05, 0.1) is 0 Å². The highest BCUT2D eigenvalue weighted by Crippen LogP contribution is 2.26. The molecule has 1 heterocycles. The molecule has 0 unspecified atom stereocenters. The van der Waals surface area contributed by atoms with Gasteiger partial charge in [0.1, 0.15) is 5.82 Å². The average molecular weight is 346 g/mol. The van der Waals surface area contributed by atoms with Crippen LogP contribution in [0.1, 0.15) is 50.5 Å². The molecule has 0 aliphatic heterocycles. The molecule has 0 saturated heterocycles. The van der Waals surface area contributed by atoms with Crippen molar-refractivity contribution in [3.05, 3.63) is 23.9 Å². The van der Waals surface area contributed by atoms with Crippen molar-refractivity contribution >= 4 is 17.6 Å². The molecule has 2 rings (SSSR count). The summed E-state index contributed by atoms with van der Waals surface area (Å²) in [6, 6.07) is 4.43. The molecular formula is C19H30N4O2. The highest BCUT2D eigenvalue weighted by atomic mass is 16.2. The van der Waals surface area contributed by atoms with Crippen LogP contribution in [-0.4, -0.2) is 48.9 Å². The molecule has 6 nitrogen and oxygen atoms in total. The van der Waals surface area contributed by atoms with Crippen molar-refractivity contribution in [2.75, 3.05) is 26.0 Å². The van der Waals surface area contributed by atoms with E-state index >= 15 is 0 Å². The molecule has 1 aromatic heterocycles. The van der Waals surface area contributed by atoms with E-state index in [0.29, 0.717) is 12.6 Å². The number of hydrogen-bond donors (Lipinski definition) is 1. The third-order valence-corrected chi connectivity index (χ3v) is 4.86. The third-order valence-electron chi connectivity index (χ3n) is 4.86. The second-order valence-corrected chi connectivity index (χ2v) is 6.95. The summed E-state index contributed by atoms with van der Waals surface area (Å²) in [5.74, 6) is 0.804. The fraction of sp³-hybridized carbons (Fsp3) is 0.632. The third kappa shape index (κ3) is 5.73. The summed E-state index contributed by atoms with van der Waals surface area (Å²) < 4.78 is 0. The quantitative estimate of drug-likeness (QED) is 0.823. The van der Waals surface area contributed by atoms with Crippen molar-refractivity contribution in [3.8, 4) is 0 Å². The van der Waals surface area contributed by atoms with Gasteiger partial charge in [-0.15, -0.1) is 0 Å². The number of amides is 2. The van der Waals surface area contributed by atoms with Gasteiger partial charge in [0, 0.05) is 58.3 Å². The molecule has 2 amide bonds. The number of rotatable bonds is 7. The van der Waals surface area contributed by atoms with Gasteiger partial charge in [0.25, 0.3) is 0 Å². The lowest BCUT2D eigenvalue weighted by molar-refractivity contribution is -0.131. The number of carbonyl (C=O) groups excluding carboxylic acids is 2.